The van der Waals surface area contributed by atoms with Gasteiger partial charge in [-0.3, -0.25) is 9.78 Å². The zero-order valence-corrected chi connectivity index (χ0v) is 19.7. The number of nitrogens with one attached hydrogen (secondary N) is 1. The van der Waals surface area contributed by atoms with Crippen LogP contribution in [0.15, 0.2) is 72.1 Å². The second kappa shape index (κ2) is 10.3. The Morgan fingerprint density at radius 1 is 1.09 bits per heavy atom. The van der Waals surface area contributed by atoms with Gasteiger partial charge in [-0.05, 0) is 42.3 Å². The number of hydrogen-bond acceptors (Lipinski definition) is 7. The van der Waals surface area contributed by atoms with E-state index in [9.17, 15) is 9.59 Å². The number of carbonyl (C=O) groups excluding carboxylic acids is 2. The molecule has 1 atom stereocenters. The zero-order valence-electron chi connectivity index (χ0n) is 19.7. The van der Waals surface area contributed by atoms with Crippen molar-refractivity contribution in [2.45, 2.75) is 25.5 Å². The molecular formula is C26H26N4O5. The lowest BCUT2D eigenvalue weighted by Gasteiger charge is -2.35. The zero-order chi connectivity index (χ0) is 24.8. The van der Waals surface area contributed by atoms with Gasteiger partial charge in [0.2, 0.25) is 0 Å². The fourth-order valence-corrected chi connectivity index (χ4v) is 3.78. The lowest BCUT2D eigenvalue weighted by atomic mass is 9.91. The smallest absolute Gasteiger partial charge is 0.431 e. The lowest BCUT2D eigenvalue weighted by Crippen LogP contribution is -2.43. The van der Waals surface area contributed by atoms with Crippen molar-refractivity contribution in [3.63, 3.8) is 0 Å². The summed E-state index contributed by atoms with van der Waals surface area (Å²) in [5.74, 6) is 0.810. The van der Waals surface area contributed by atoms with Gasteiger partial charge in [0.15, 0.2) is 17.1 Å². The fourth-order valence-electron chi connectivity index (χ4n) is 3.78. The largest absolute Gasteiger partial charge is 0.493 e. The Morgan fingerprint density at radius 2 is 1.89 bits per heavy atom. The molecule has 2 aromatic carbocycles. The third-order valence-electron chi connectivity index (χ3n) is 5.79. The Labute approximate surface area is 203 Å². The van der Waals surface area contributed by atoms with Crippen LogP contribution in [0.5, 0.6) is 11.5 Å². The molecule has 2 heterocycles. The van der Waals surface area contributed by atoms with Crippen LogP contribution in [0.3, 0.4) is 0 Å². The predicted octanol–water partition coefficient (Wildman–Crippen LogP) is 4.59. The van der Waals surface area contributed by atoms with Crippen molar-refractivity contribution in [2.75, 3.05) is 19.5 Å². The van der Waals surface area contributed by atoms with Gasteiger partial charge in [-0.15, -0.1) is 0 Å². The monoisotopic (exact) mass is 474 g/mol. The molecular weight excluding hydrogens is 448 g/mol. The van der Waals surface area contributed by atoms with E-state index in [2.05, 4.69) is 15.4 Å². The standard InChI is InChI=1S/C26H26N4O5/c1-4-26(20-11-12-22(33-2)23(14-20)34-3)17-28-30(25(32)35-26)16-19-8-5-6-10-21(19)29-24(31)18-9-7-13-27-15-18/h5-15,17H,4,16H2,1-3H3,(H,29,31). The molecule has 1 unspecified atom stereocenters. The third-order valence-corrected chi connectivity index (χ3v) is 5.79. The number of rotatable bonds is 8. The molecule has 0 aliphatic carbocycles. The van der Waals surface area contributed by atoms with Crippen LogP contribution in [0.2, 0.25) is 0 Å². The minimum Gasteiger partial charge on any atom is -0.493 e. The Morgan fingerprint density at radius 3 is 2.57 bits per heavy atom. The minimum absolute atomic E-state index is 0.116. The Hall–Kier alpha value is -4.40. The number of benzene rings is 2. The van der Waals surface area contributed by atoms with E-state index in [1.165, 1.54) is 11.2 Å². The van der Waals surface area contributed by atoms with Gasteiger partial charge in [-0.2, -0.15) is 10.1 Å². The SMILES string of the molecule is CCC1(c2ccc(OC)c(OC)c2)C=NN(Cc2ccccc2NC(=O)c2cccnc2)C(=O)O1. The summed E-state index contributed by atoms with van der Waals surface area (Å²) >= 11 is 0. The van der Waals surface area contributed by atoms with Crippen molar-refractivity contribution in [1.29, 1.82) is 0 Å². The summed E-state index contributed by atoms with van der Waals surface area (Å²) in [5.41, 5.74) is 1.38. The minimum atomic E-state index is -1.04. The third kappa shape index (κ3) is 4.93. The number of methoxy groups -OCH3 is 2. The van der Waals surface area contributed by atoms with Crippen molar-refractivity contribution < 1.29 is 23.8 Å². The quantitative estimate of drug-likeness (QED) is 0.512. The average molecular weight is 475 g/mol. The van der Waals surface area contributed by atoms with Gasteiger partial charge < -0.3 is 19.5 Å². The molecule has 1 N–H and O–H groups in total. The van der Waals surface area contributed by atoms with Crippen molar-refractivity contribution in [2.24, 2.45) is 5.10 Å². The van der Waals surface area contributed by atoms with Crippen LogP contribution >= 0.6 is 0 Å². The maximum absolute atomic E-state index is 13.0. The van der Waals surface area contributed by atoms with Crippen LogP contribution in [-0.2, 0) is 16.9 Å². The highest BCUT2D eigenvalue weighted by Gasteiger charge is 2.39. The number of anilines is 1. The van der Waals surface area contributed by atoms with E-state index in [-0.39, 0.29) is 12.5 Å². The maximum Gasteiger partial charge on any atom is 0.431 e. The number of nitrogens with zero attached hydrogens (tertiary/aromatic N) is 3. The van der Waals surface area contributed by atoms with Crippen LogP contribution in [0.1, 0.15) is 34.8 Å². The number of carbonyl (C=O) groups is 2. The summed E-state index contributed by atoms with van der Waals surface area (Å²) in [4.78, 5) is 29.6. The number of pyridine rings is 1. The molecule has 1 aliphatic rings. The van der Waals surface area contributed by atoms with Gasteiger partial charge in [0, 0.05) is 23.6 Å². The molecule has 9 heteroatoms. The van der Waals surface area contributed by atoms with Gasteiger partial charge in [0.05, 0.1) is 32.5 Å². The van der Waals surface area contributed by atoms with Crippen molar-refractivity contribution in [1.82, 2.24) is 9.99 Å². The van der Waals surface area contributed by atoms with E-state index in [1.54, 1.807) is 63.0 Å². The molecule has 1 aromatic heterocycles. The first-order chi connectivity index (χ1) is 17.0. The Balaban J connectivity index is 1.56. The van der Waals surface area contributed by atoms with Crippen molar-refractivity contribution in [3.8, 4) is 11.5 Å². The number of ether oxygens (including phenoxy) is 3. The molecule has 0 radical (unpaired) electrons. The number of cyclic esters (lactones) is 1. The molecule has 2 amide bonds. The summed E-state index contributed by atoms with van der Waals surface area (Å²) in [6.45, 7) is 2.03. The first-order valence-electron chi connectivity index (χ1n) is 11.1. The van der Waals surface area contributed by atoms with E-state index in [0.29, 0.717) is 34.7 Å². The lowest BCUT2D eigenvalue weighted by molar-refractivity contribution is 0.0158. The van der Waals surface area contributed by atoms with Gasteiger partial charge >= 0.3 is 6.09 Å². The molecule has 0 fully saturated rings. The van der Waals surface area contributed by atoms with E-state index in [1.807, 2.05) is 25.1 Å². The second-order valence-electron chi connectivity index (χ2n) is 7.84. The second-order valence-corrected chi connectivity index (χ2v) is 7.84. The topological polar surface area (TPSA) is 102 Å². The molecule has 4 rings (SSSR count). The van der Waals surface area contributed by atoms with Gasteiger partial charge in [0.1, 0.15) is 0 Å². The fraction of sp³-hybridized carbons (Fsp3) is 0.231. The summed E-state index contributed by atoms with van der Waals surface area (Å²) in [5, 5.41) is 8.52. The molecule has 3 aromatic rings. The number of hydrazone groups is 1. The highest BCUT2D eigenvalue weighted by molar-refractivity contribution is 6.04. The Bertz CT molecular complexity index is 1250. The van der Waals surface area contributed by atoms with Crippen LogP contribution in [0.4, 0.5) is 10.5 Å². The van der Waals surface area contributed by atoms with E-state index >= 15 is 0 Å². The molecule has 35 heavy (non-hydrogen) atoms. The molecule has 0 spiro atoms. The van der Waals surface area contributed by atoms with E-state index in [0.717, 1.165) is 5.56 Å². The summed E-state index contributed by atoms with van der Waals surface area (Å²) in [7, 11) is 3.11. The normalized spacial score (nSPS) is 17.0. The molecule has 180 valence electrons. The highest BCUT2D eigenvalue weighted by Crippen LogP contribution is 2.37. The van der Waals surface area contributed by atoms with Crippen molar-refractivity contribution >= 4 is 23.9 Å². The number of amides is 2. The van der Waals surface area contributed by atoms with E-state index in [4.69, 9.17) is 14.2 Å². The summed E-state index contributed by atoms with van der Waals surface area (Å²) in [6, 6.07) is 15.9. The van der Waals surface area contributed by atoms with Gasteiger partial charge in [-0.25, -0.2) is 4.79 Å². The van der Waals surface area contributed by atoms with Crippen LogP contribution in [0.25, 0.3) is 0 Å². The first kappa shape index (κ1) is 23.7. The highest BCUT2D eigenvalue weighted by atomic mass is 16.6. The maximum atomic E-state index is 13.0. The van der Waals surface area contributed by atoms with Crippen molar-refractivity contribution in [3.05, 3.63) is 83.7 Å². The number of hydrogen-bond donors (Lipinski definition) is 1. The molecule has 0 saturated carbocycles. The van der Waals surface area contributed by atoms with Crippen LogP contribution in [0, 0.1) is 0 Å². The Kier molecular flexibility index (Phi) is 6.96. The molecule has 0 saturated heterocycles. The number of aromatic nitrogens is 1. The average Bonchev–Trinajstić information content (AvgIpc) is 2.90. The van der Waals surface area contributed by atoms with Crippen LogP contribution < -0.4 is 14.8 Å². The van der Waals surface area contributed by atoms with E-state index < -0.39 is 11.7 Å². The van der Waals surface area contributed by atoms with Crippen LogP contribution in [-0.4, -0.2) is 42.4 Å². The van der Waals surface area contributed by atoms with Gasteiger partial charge in [0.25, 0.3) is 5.91 Å². The summed E-state index contributed by atoms with van der Waals surface area (Å²) < 4.78 is 16.6. The predicted molar refractivity (Wildman–Crippen MR) is 131 cm³/mol. The first-order valence-corrected chi connectivity index (χ1v) is 11.1. The molecule has 0 bridgehead atoms. The van der Waals surface area contributed by atoms with Gasteiger partial charge in [-0.1, -0.05) is 31.2 Å². The summed E-state index contributed by atoms with van der Waals surface area (Å²) in [6.07, 6.45) is 4.58. The number of para-hydroxylation sites is 1. The molecule has 9 nitrogen and oxygen atoms in total. The molecule has 1 aliphatic heterocycles.